The van der Waals surface area contributed by atoms with E-state index in [1.165, 1.54) is 0 Å². The van der Waals surface area contributed by atoms with Gasteiger partial charge in [0.1, 0.15) is 0 Å². The van der Waals surface area contributed by atoms with E-state index in [1.807, 2.05) is 0 Å². The number of halogens is 3. The average molecular weight is 322 g/mol. The maximum absolute atomic E-state index is 12.3. The smallest absolute Gasteiger partial charge is 0.388 e. The number of hydrogen-bond donors (Lipinski definition) is 2. The lowest BCUT2D eigenvalue weighted by atomic mass is 9.95. The summed E-state index contributed by atoms with van der Waals surface area (Å²) in [6.07, 6.45) is -1.24. The van der Waals surface area contributed by atoms with E-state index >= 15 is 0 Å². The highest BCUT2D eigenvalue weighted by atomic mass is 19.4. The van der Waals surface area contributed by atoms with Crippen molar-refractivity contribution in [2.75, 3.05) is 19.6 Å². The average Bonchev–Trinajstić information content (AvgIpc) is 2.90. The first kappa shape index (κ1) is 17.1. The number of piperidine rings is 1. The zero-order valence-electron chi connectivity index (χ0n) is 12.3. The molecule has 0 bridgehead atoms. The van der Waals surface area contributed by atoms with Crippen LogP contribution in [0, 0.1) is 5.92 Å². The Morgan fingerprint density at radius 2 is 1.73 bits per heavy atom. The van der Waals surface area contributed by atoms with E-state index in [9.17, 15) is 27.9 Å². The minimum atomic E-state index is -4.86. The molecule has 0 atom stereocenters. The summed E-state index contributed by atoms with van der Waals surface area (Å²) in [5.41, 5.74) is -0.845. The maximum Gasteiger partial charge on any atom is 0.471 e. The fourth-order valence-electron chi connectivity index (χ4n) is 3.13. The highest BCUT2D eigenvalue weighted by Gasteiger charge is 2.43. The number of carbonyl (C=O) groups excluding carboxylic acids is 2. The number of nitrogens with zero attached hydrogens (tertiary/aromatic N) is 1. The number of likely N-dealkylation sites (tertiary alicyclic amines) is 1. The van der Waals surface area contributed by atoms with E-state index in [-0.39, 0.29) is 38.4 Å². The van der Waals surface area contributed by atoms with Crippen LogP contribution < -0.4 is 5.32 Å². The van der Waals surface area contributed by atoms with Gasteiger partial charge in [-0.1, -0.05) is 12.8 Å². The number of nitrogens with one attached hydrogen (secondary N) is 1. The Balaban J connectivity index is 1.76. The van der Waals surface area contributed by atoms with Crippen molar-refractivity contribution in [1.29, 1.82) is 0 Å². The molecular weight excluding hydrogens is 301 g/mol. The molecule has 2 rings (SSSR count). The molecule has 5 nitrogen and oxygen atoms in total. The molecule has 2 amide bonds. The van der Waals surface area contributed by atoms with Gasteiger partial charge in [-0.25, -0.2) is 0 Å². The summed E-state index contributed by atoms with van der Waals surface area (Å²) in [5, 5.41) is 12.8. The minimum absolute atomic E-state index is 0.0688. The number of rotatable bonds is 3. The van der Waals surface area contributed by atoms with Crippen LogP contribution in [0.1, 0.15) is 38.5 Å². The molecule has 2 N–H and O–H groups in total. The van der Waals surface area contributed by atoms with Gasteiger partial charge in [-0.05, 0) is 25.7 Å². The SMILES string of the molecule is O=C(NCC1(O)CCCC1)C1CCN(C(=O)C(F)(F)F)CC1. The molecule has 1 heterocycles. The van der Waals surface area contributed by atoms with Crippen molar-refractivity contribution in [2.24, 2.45) is 5.92 Å². The number of carbonyl (C=O) groups is 2. The summed E-state index contributed by atoms with van der Waals surface area (Å²) in [7, 11) is 0. The topological polar surface area (TPSA) is 69.6 Å². The molecule has 0 aromatic carbocycles. The van der Waals surface area contributed by atoms with Gasteiger partial charge in [0, 0.05) is 25.6 Å². The monoisotopic (exact) mass is 322 g/mol. The fourth-order valence-corrected chi connectivity index (χ4v) is 3.13. The number of amides is 2. The zero-order valence-corrected chi connectivity index (χ0v) is 12.3. The molecule has 1 saturated carbocycles. The van der Waals surface area contributed by atoms with E-state index in [4.69, 9.17) is 0 Å². The van der Waals surface area contributed by atoms with E-state index in [2.05, 4.69) is 5.32 Å². The van der Waals surface area contributed by atoms with Crippen molar-refractivity contribution in [3.05, 3.63) is 0 Å². The minimum Gasteiger partial charge on any atom is -0.388 e. The van der Waals surface area contributed by atoms with Crippen LogP contribution in [0.5, 0.6) is 0 Å². The first-order valence-electron chi connectivity index (χ1n) is 7.57. The van der Waals surface area contributed by atoms with Crippen LogP contribution >= 0.6 is 0 Å². The normalized spacial score (nSPS) is 22.6. The van der Waals surface area contributed by atoms with Gasteiger partial charge >= 0.3 is 12.1 Å². The van der Waals surface area contributed by atoms with E-state index in [0.29, 0.717) is 12.8 Å². The van der Waals surface area contributed by atoms with Crippen molar-refractivity contribution >= 4 is 11.8 Å². The van der Waals surface area contributed by atoms with Crippen LogP contribution in [0.3, 0.4) is 0 Å². The predicted octanol–water partition coefficient (Wildman–Crippen LogP) is 1.21. The second kappa shape index (κ2) is 6.44. The predicted molar refractivity (Wildman–Crippen MR) is 71.8 cm³/mol. The van der Waals surface area contributed by atoms with Crippen molar-refractivity contribution < 1.29 is 27.9 Å². The van der Waals surface area contributed by atoms with E-state index < -0.39 is 23.6 Å². The Hall–Kier alpha value is -1.31. The molecule has 1 saturated heterocycles. The highest BCUT2D eigenvalue weighted by molar-refractivity contribution is 5.83. The van der Waals surface area contributed by atoms with Crippen molar-refractivity contribution in [2.45, 2.75) is 50.3 Å². The lowest BCUT2D eigenvalue weighted by Gasteiger charge is -2.32. The molecule has 0 unspecified atom stereocenters. The second-order valence-corrected chi connectivity index (χ2v) is 6.21. The number of hydrogen-bond acceptors (Lipinski definition) is 3. The Bertz CT molecular complexity index is 426. The zero-order chi connectivity index (χ0) is 16.4. The Morgan fingerprint density at radius 3 is 2.23 bits per heavy atom. The van der Waals surface area contributed by atoms with Crippen LogP contribution in [-0.2, 0) is 9.59 Å². The van der Waals surface area contributed by atoms with Gasteiger partial charge in [-0.15, -0.1) is 0 Å². The Labute approximate surface area is 126 Å². The van der Waals surface area contributed by atoms with Crippen LogP contribution in [0.25, 0.3) is 0 Å². The molecule has 1 aliphatic heterocycles. The quantitative estimate of drug-likeness (QED) is 0.820. The van der Waals surface area contributed by atoms with Crippen molar-refractivity contribution in [3.63, 3.8) is 0 Å². The van der Waals surface area contributed by atoms with E-state index in [1.54, 1.807) is 0 Å². The third-order valence-electron chi connectivity index (χ3n) is 4.52. The number of aliphatic hydroxyl groups is 1. The molecule has 22 heavy (non-hydrogen) atoms. The summed E-state index contributed by atoms with van der Waals surface area (Å²) in [5.74, 6) is -2.49. The molecule has 126 valence electrons. The summed E-state index contributed by atoms with van der Waals surface area (Å²) >= 11 is 0. The summed E-state index contributed by atoms with van der Waals surface area (Å²) in [6.45, 7) is 0.0505. The summed E-state index contributed by atoms with van der Waals surface area (Å²) < 4.78 is 37.0. The maximum atomic E-state index is 12.3. The third-order valence-corrected chi connectivity index (χ3v) is 4.52. The van der Waals surface area contributed by atoms with Crippen molar-refractivity contribution in [1.82, 2.24) is 10.2 Å². The van der Waals surface area contributed by atoms with Gasteiger partial charge in [-0.2, -0.15) is 13.2 Å². The van der Waals surface area contributed by atoms with Crippen LogP contribution in [0.4, 0.5) is 13.2 Å². The van der Waals surface area contributed by atoms with E-state index in [0.717, 1.165) is 17.7 Å². The molecule has 8 heteroatoms. The first-order valence-corrected chi connectivity index (χ1v) is 7.57. The lowest BCUT2D eigenvalue weighted by Crippen LogP contribution is -2.49. The fraction of sp³-hybridized carbons (Fsp3) is 0.857. The molecule has 2 aliphatic rings. The number of alkyl halides is 3. The molecular formula is C14H21F3N2O3. The van der Waals surface area contributed by atoms with Crippen LogP contribution in [0.2, 0.25) is 0 Å². The third kappa shape index (κ3) is 4.12. The van der Waals surface area contributed by atoms with Gasteiger partial charge in [0.2, 0.25) is 5.91 Å². The summed E-state index contributed by atoms with van der Waals surface area (Å²) in [4.78, 5) is 23.9. The van der Waals surface area contributed by atoms with Gasteiger partial charge in [0.15, 0.2) is 0 Å². The lowest BCUT2D eigenvalue weighted by molar-refractivity contribution is -0.186. The molecule has 1 aliphatic carbocycles. The van der Waals surface area contributed by atoms with Gasteiger partial charge < -0.3 is 15.3 Å². The molecule has 0 spiro atoms. The largest absolute Gasteiger partial charge is 0.471 e. The van der Waals surface area contributed by atoms with Crippen LogP contribution in [-0.4, -0.2) is 53.2 Å². The summed E-state index contributed by atoms with van der Waals surface area (Å²) in [6, 6.07) is 0. The first-order chi connectivity index (χ1) is 10.2. The Morgan fingerprint density at radius 1 is 1.18 bits per heavy atom. The van der Waals surface area contributed by atoms with Gasteiger partial charge in [0.05, 0.1) is 5.60 Å². The van der Waals surface area contributed by atoms with Crippen LogP contribution in [0.15, 0.2) is 0 Å². The van der Waals surface area contributed by atoms with Gasteiger partial charge in [-0.3, -0.25) is 9.59 Å². The molecule has 0 radical (unpaired) electrons. The highest BCUT2D eigenvalue weighted by Crippen LogP contribution is 2.29. The molecule has 0 aromatic rings. The standard InChI is InChI=1S/C14H21F3N2O3/c15-14(16,17)12(21)19-7-3-10(4-8-19)11(20)18-9-13(22)5-1-2-6-13/h10,22H,1-9H2,(H,18,20). The molecule has 0 aromatic heterocycles. The second-order valence-electron chi connectivity index (χ2n) is 6.21. The van der Waals surface area contributed by atoms with Crippen molar-refractivity contribution in [3.8, 4) is 0 Å². The molecule has 2 fully saturated rings. The van der Waals surface area contributed by atoms with Gasteiger partial charge in [0.25, 0.3) is 0 Å². The Kier molecular flexibility index (Phi) is 4.99.